The van der Waals surface area contributed by atoms with E-state index in [0.717, 1.165) is 0 Å². The zero-order valence-electron chi connectivity index (χ0n) is 11.7. The fourth-order valence-electron chi connectivity index (χ4n) is 1.65. The summed E-state index contributed by atoms with van der Waals surface area (Å²) >= 11 is 0. The number of hydrazone groups is 1. The second-order valence-electron chi connectivity index (χ2n) is 4.28. The number of rotatable bonds is 5. The molecule has 0 aliphatic heterocycles. The highest BCUT2D eigenvalue weighted by molar-refractivity contribution is 5.95. The zero-order valence-corrected chi connectivity index (χ0v) is 11.7. The molecule has 2 aromatic carbocycles. The van der Waals surface area contributed by atoms with Gasteiger partial charge in [0.1, 0.15) is 5.75 Å². The Morgan fingerprint density at radius 3 is 2.36 bits per heavy atom. The van der Waals surface area contributed by atoms with Crippen molar-refractivity contribution in [2.24, 2.45) is 5.10 Å². The zero-order chi connectivity index (χ0) is 15.9. The van der Waals surface area contributed by atoms with Gasteiger partial charge in [-0.05, 0) is 42.0 Å². The van der Waals surface area contributed by atoms with Crippen LogP contribution in [0, 0.1) is 10.1 Å². The second-order valence-corrected chi connectivity index (χ2v) is 4.28. The van der Waals surface area contributed by atoms with Gasteiger partial charge in [-0.15, -0.1) is 0 Å². The van der Waals surface area contributed by atoms with E-state index in [-0.39, 0.29) is 11.6 Å². The number of hydrogen-bond acceptors (Lipinski definition) is 5. The fourth-order valence-corrected chi connectivity index (χ4v) is 1.65. The number of ether oxygens (including phenoxy) is 1. The van der Waals surface area contributed by atoms with E-state index in [1.807, 2.05) is 0 Å². The van der Waals surface area contributed by atoms with Gasteiger partial charge < -0.3 is 4.74 Å². The van der Waals surface area contributed by atoms with Crippen molar-refractivity contribution in [1.29, 1.82) is 0 Å². The number of benzene rings is 2. The van der Waals surface area contributed by atoms with Crippen molar-refractivity contribution in [1.82, 2.24) is 5.43 Å². The summed E-state index contributed by atoms with van der Waals surface area (Å²) in [6.45, 7) is 0. The van der Waals surface area contributed by atoms with Gasteiger partial charge in [0.15, 0.2) is 0 Å². The van der Waals surface area contributed by atoms with Crippen LogP contribution in [0.2, 0.25) is 0 Å². The van der Waals surface area contributed by atoms with Gasteiger partial charge in [-0.3, -0.25) is 14.9 Å². The molecule has 0 saturated heterocycles. The number of nitrogens with one attached hydrogen (secondary N) is 1. The lowest BCUT2D eigenvalue weighted by molar-refractivity contribution is -0.384. The van der Waals surface area contributed by atoms with Crippen LogP contribution < -0.4 is 10.2 Å². The van der Waals surface area contributed by atoms with Crippen molar-refractivity contribution in [2.45, 2.75) is 0 Å². The predicted octanol–water partition coefficient (Wildman–Crippen LogP) is 2.37. The molecule has 1 N–H and O–H groups in total. The van der Waals surface area contributed by atoms with E-state index < -0.39 is 4.92 Å². The van der Waals surface area contributed by atoms with Crippen molar-refractivity contribution < 1.29 is 14.5 Å². The quantitative estimate of drug-likeness (QED) is 0.521. The Bertz CT molecular complexity index is 694. The molecule has 7 nitrogen and oxygen atoms in total. The minimum Gasteiger partial charge on any atom is -0.497 e. The third-order valence-corrected chi connectivity index (χ3v) is 2.84. The molecule has 7 heteroatoms. The van der Waals surface area contributed by atoms with Crippen molar-refractivity contribution >= 4 is 17.8 Å². The van der Waals surface area contributed by atoms with Crippen LogP contribution in [-0.2, 0) is 0 Å². The average Bonchev–Trinajstić information content (AvgIpc) is 2.55. The lowest BCUT2D eigenvalue weighted by atomic mass is 10.2. The van der Waals surface area contributed by atoms with Crippen LogP contribution in [0.15, 0.2) is 53.6 Å². The summed E-state index contributed by atoms with van der Waals surface area (Å²) < 4.78 is 5.01. The second kappa shape index (κ2) is 6.98. The molecule has 0 aliphatic carbocycles. The number of nitrogens with zero attached hydrogens (tertiary/aromatic N) is 2. The van der Waals surface area contributed by atoms with Gasteiger partial charge in [-0.1, -0.05) is 0 Å². The number of hydrogen-bond donors (Lipinski definition) is 1. The van der Waals surface area contributed by atoms with Gasteiger partial charge in [-0.25, -0.2) is 5.43 Å². The number of nitro groups is 1. The van der Waals surface area contributed by atoms with Gasteiger partial charge >= 0.3 is 0 Å². The molecule has 0 aromatic heterocycles. The Kier molecular flexibility index (Phi) is 4.81. The average molecular weight is 299 g/mol. The fraction of sp³-hybridized carbons (Fsp3) is 0.0667. The molecule has 0 bridgehead atoms. The van der Waals surface area contributed by atoms with Gasteiger partial charge in [0, 0.05) is 17.7 Å². The summed E-state index contributed by atoms with van der Waals surface area (Å²) in [5.74, 6) is 0.298. The molecule has 0 aliphatic rings. The number of carbonyl (C=O) groups is 1. The molecule has 1 amide bonds. The summed E-state index contributed by atoms with van der Waals surface area (Å²) in [6.07, 6.45) is 1.41. The summed E-state index contributed by atoms with van der Waals surface area (Å²) in [4.78, 5) is 21.9. The van der Waals surface area contributed by atoms with Gasteiger partial charge in [0.05, 0.1) is 18.2 Å². The van der Waals surface area contributed by atoms with Crippen molar-refractivity contribution in [3.05, 3.63) is 69.8 Å². The highest BCUT2D eigenvalue weighted by atomic mass is 16.6. The Hall–Kier alpha value is -3.22. The van der Waals surface area contributed by atoms with Crippen LogP contribution in [0.5, 0.6) is 5.75 Å². The highest BCUT2D eigenvalue weighted by Crippen LogP contribution is 2.11. The molecule has 0 spiro atoms. The summed E-state index contributed by atoms with van der Waals surface area (Å²) in [5.41, 5.74) is 3.46. The molecule has 0 radical (unpaired) electrons. The molecule has 0 atom stereocenters. The normalized spacial score (nSPS) is 10.4. The summed E-state index contributed by atoms with van der Waals surface area (Å²) in [7, 11) is 1.55. The molecule has 0 fully saturated rings. The van der Waals surface area contributed by atoms with E-state index in [1.165, 1.54) is 18.3 Å². The summed E-state index contributed by atoms with van der Waals surface area (Å²) in [6, 6.07) is 12.4. The number of amides is 1. The molecule has 0 unspecified atom stereocenters. The van der Waals surface area contributed by atoms with E-state index >= 15 is 0 Å². The number of carbonyl (C=O) groups excluding carboxylic acids is 1. The van der Waals surface area contributed by atoms with E-state index in [0.29, 0.717) is 16.9 Å². The van der Waals surface area contributed by atoms with Crippen LogP contribution >= 0.6 is 0 Å². The standard InChI is InChI=1S/C15H13N3O4/c1-22-14-8-4-12(5-9-14)15(19)17-16-10-11-2-6-13(7-3-11)18(20)21/h2-10H,1H3,(H,17,19). The Morgan fingerprint density at radius 1 is 1.18 bits per heavy atom. The molecule has 0 saturated carbocycles. The van der Waals surface area contributed by atoms with Crippen molar-refractivity contribution in [2.75, 3.05) is 7.11 Å². The first-order valence-corrected chi connectivity index (χ1v) is 6.32. The highest BCUT2D eigenvalue weighted by Gasteiger charge is 2.04. The SMILES string of the molecule is COc1ccc(C(=O)NN=Cc2ccc([N+](=O)[O-])cc2)cc1. The Morgan fingerprint density at radius 2 is 1.82 bits per heavy atom. The largest absolute Gasteiger partial charge is 0.497 e. The van der Waals surface area contributed by atoms with Crippen LogP contribution in [0.4, 0.5) is 5.69 Å². The summed E-state index contributed by atoms with van der Waals surface area (Å²) in [5, 5.41) is 14.3. The minimum atomic E-state index is -0.480. The van der Waals surface area contributed by atoms with E-state index in [9.17, 15) is 14.9 Å². The van der Waals surface area contributed by atoms with Gasteiger partial charge in [-0.2, -0.15) is 5.10 Å². The third-order valence-electron chi connectivity index (χ3n) is 2.84. The van der Waals surface area contributed by atoms with E-state index in [1.54, 1.807) is 43.5 Å². The smallest absolute Gasteiger partial charge is 0.271 e. The molecule has 22 heavy (non-hydrogen) atoms. The van der Waals surface area contributed by atoms with Gasteiger partial charge in [0.2, 0.25) is 0 Å². The predicted molar refractivity (Wildman–Crippen MR) is 81.2 cm³/mol. The van der Waals surface area contributed by atoms with Gasteiger partial charge in [0.25, 0.3) is 11.6 Å². The van der Waals surface area contributed by atoms with Crippen molar-refractivity contribution in [3.8, 4) is 5.75 Å². The lowest BCUT2D eigenvalue weighted by Crippen LogP contribution is -2.17. The molecule has 2 rings (SSSR count). The molecular formula is C15H13N3O4. The molecule has 112 valence electrons. The lowest BCUT2D eigenvalue weighted by Gasteiger charge is -2.02. The van der Waals surface area contributed by atoms with E-state index in [2.05, 4.69) is 10.5 Å². The number of nitro benzene ring substituents is 1. The van der Waals surface area contributed by atoms with Crippen molar-refractivity contribution in [3.63, 3.8) is 0 Å². The molecule has 2 aromatic rings. The number of non-ortho nitro benzene ring substituents is 1. The Labute approximate surface area is 126 Å². The van der Waals surface area contributed by atoms with Crippen LogP contribution in [0.25, 0.3) is 0 Å². The minimum absolute atomic E-state index is 0.000539. The first-order chi connectivity index (χ1) is 10.6. The maximum absolute atomic E-state index is 11.8. The maximum Gasteiger partial charge on any atom is 0.271 e. The Balaban J connectivity index is 1.96. The first-order valence-electron chi connectivity index (χ1n) is 6.32. The van der Waals surface area contributed by atoms with Crippen LogP contribution in [-0.4, -0.2) is 24.2 Å². The molecular weight excluding hydrogens is 286 g/mol. The number of methoxy groups -OCH3 is 1. The van der Waals surface area contributed by atoms with E-state index in [4.69, 9.17) is 4.74 Å². The molecule has 0 heterocycles. The first kappa shape index (κ1) is 15.2. The maximum atomic E-state index is 11.8. The van der Waals surface area contributed by atoms with Crippen LogP contribution in [0.3, 0.4) is 0 Å². The monoisotopic (exact) mass is 299 g/mol. The third kappa shape index (κ3) is 3.89. The topological polar surface area (TPSA) is 93.8 Å². The van der Waals surface area contributed by atoms with Crippen LogP contribution in [0.1, 0.15) is 15.9 Å².